The van der Waals surface area contributed by atoms with Gasteiger partial charge < -0.3 is 15.1 Å². The Morgan fingerprint density at radius 1 is 0.966 bits per heavy atom. The molecular formula is C22H32N2O5. The lowest BCUT2D eigenvalue weighted by molar-refractivity contribution is -0.159. The van der Waals surface area contributed by atoms with Gasteiger partial charge in [-0.25, -0.2) is 9.59 Å². The third-order valence-corrected chi connectivity index (χ3v) is 5.80. The Hall–Kier alpha value is -2.41. The van der Waals surface area contributed by atoms with Crippen molar-refractivity contribution < 1.29 is 24.6 Å². The molecule has 0 unspecified atom stereocenters. The normalized spacial score (nSPS) is 17.5. The number of carboxylic acid groups (broad SMARTS) is 2. The van der Waals surface area contributed by atoms with Gasteiger partial charge in [0.2, 0.25) is 5.91 Å². The third-order valence-electron chi connectivity index (χ3n) is 5.80. The standard InChI is InChI=1S/C20H30N2O.C2H2O4/c1-17-6-2-5-9-19(17)16-21-12-14-22(15-13-21)20(23)11-10-18-7-3-4-8-18;3-1(4)2(5)6/h2,5-6,9,18H,3-4,7-8,10-16H2,1H3;(H,3,4)(H,5,6). The first-order chi connectivity index (χ1) is 13.9. The van der Waals surface area contributed by atoms with E-state index in [1.54, 1.807) is 0 Å². The summed E-state index contributed by atoms with van der Waals surface area (Å²) in [6.45, 7) is 6.99. The number of piperazine rings is 1. The molecule has 0 radical (unpaired) electrons. The van der Waals surface area contributed by atoms with E-state index in [1.807, 2.05) is 0 Å². The van der Waals surface area contributed by atoms with E-state index in [4.69, 9.17) is 19.8 Å². The zero-order valence-electron chi connectivity index (χ0n) is 17.2. The molecule has 160 valence electrons. The van der Waals surface area contributed by atoms with E-state index in [1.165, 1.54) is 36.8 Å². The second kappa shape index (κ2) is 11.6. The summed E-state index contributed by atoms with van der Waals surface area (Å²) in [6, 6.07) is 8.61. The molecule has 0 spiro atoms. The summed E-state index contributed by atoms with van der Waals surface area (Å²) >= 11 is 0. The quantitative estimate of drug-likeness (QED) is 0.733. The molecule has 0 aromatic heterocycles. The van der Waals surface area contributed by atoms with E-state index in [0.717, 1.165) is 51.5 Å². The lowest BCUT2D eigenvalue weighted by atomic mass is 10.0. The number of aliphatic carboxylic acids is 2. The van der Waals surface area contributed by atoms with Crippen molar-refractivity contribution in [2.75, 3.05) is 26.2 Å². The molecule has 1 aliphatic heterocycles. The Balaban J connectivity index is 0.000000438. The highest BCUT2D eigenvalue weighted by molar-refractivity contribution is 6.27. The highest BCUT2D eigenvalue weighted by Gasteiger charge is 2.23. The molecule has 7 nitrogen and oxygen atoms in total. The van der Waals surface area contributed by atoms with E-state index < -0.39 is 11.9 Å². The van der Waals surface area contributed by atoms with Crippen LogP contribution in [0.15, 0.2) is 24.3 Å². The van der Waals surface area contributed by atoms with Crippen LogP contribution < -0.4 is 0 Å². The molecule has 1 aliphatic carbocycles. The van der Waals surface area contributed by atoms with Crippen LogP contribution in [0.5, 0.6) is 0 Å². The first kappa shape index (κ1) is 22.9. The maximum absolute atomic E-state index is 12.4. The van der Waals surface area contributed by atoms with Gasteiger partial charge in [0.15, 0.2) is 0 Å². The van der Waals surface area contributed by atoms with Gasteiger partial charge in [0, 0.05) is 39.1 Å². The number of rotatable bonds is 5. The average Bonchev–Trinajstić information content (AvgIpc) is 3.22. The minimum atomic E-state index is -1.82. The van der Waals surface area contributed by atoms with Crippen molar-refractivity contribution in [2.45, 2.75) is 52.0 Å². The van der Waals surface area contributed by atoms with E-state index in [2.05, 4.69) is 41.0 Å². The summed E-state index contributed by atoms with van der Waals surface area (Å²) in [4.78, 5) is 35.1. The van der Waals surface area contributed by atoms with Crippen LogP contribution in [0.3, 0.4) is 0 Å². The second-order valence-corrected chi connectivity index (χ2v) is 7.88. The van der Waals surface area contributed by atoms with Crippen LogP contribution >= 0.6 is 0 Å². The summed E-state index contributed by atoms with van der Waals surface area (Å²) in [7, 11) is 0. The number of carbonyl (C=O) groups excluding carboxylic acids is 1. The van der Waals surface area contributed by atoms with Crippen LogP contribution in [0.1, 0.15) is 49.7 Å². The fourth-order valence-electron chi connectivity index (χ4n) is 3.97. The number of hydrogen-bond acceptors (Lipinski definition) is 4. The number of benzene rings is 1. The predicted molar refractivity (Wildman–Crippen MR) is 109 cm³/mol. The van der Waals surface area contributed by atoms with Crippen molar-refractivity contribution in [1.29, 1.82) is 0 Å². The smallest absolute Gasteiger partial charge is 0.414 e. The van der Waals surface area contributed by atoms with Gasteiger partial charge in [-0.05, 0) is 30.4 Å². The summed E-state index contributed by atoms with van der Waals surface area (Å²) < 4.78 is 0. The number of hydrogen-bond donors (Lipinski definition) is 2. The minimum absolute atomic E-state index is 0.382. The van der Waals surface area contributed by atoms with Crippen molar-refractivity contribution in [3.05, 3.63) is 35.4 Å². The molecule has 1 heterocycles. The summed E-state index contributed by atoms with van der Waals surface area (Å²) in [5, 5.41) is 14.8. The van der Waals surface area contributed by atoms with E-state index in [-0.39, 0.29) is 0 Å². The maximum Gasteiger partial charge on any atom is 0.414 e. The molecular weight excluding hydrogens is 372 g/mol. The molecule has 1 saturated carbocycles. The van der Waals surface area contributed by atoms with E-state index in [9.17, 15) is 4.79 Å². The lowest BCUT2D eigenvalue weighted by Crippen LogP contribution is -2.48. The van der Waals surface area contributed by atoms with Crippen molar-refractivity contribution in [3.63, 3.8) is 0 Å². The van der Waals surface area contributed by atoms with Crippen molar-refractivity contribution in [1.82, 2.24) is 9.80 Å². The van der Waals surface area contributed by atoms with Gasteiger partial charge in [-0.15, -0.1) is 0 Å². The topological polar surface area (TPSA) is 98.2 Å². The highest BCUT2D eigenvalue weighted by atomic mass is 16.4. The van der Waals surface area contributed by atoms with Crippen LogP contribution in [-0.4, -0.2) is 64.0 Å². The number of amides is 1. The molecule has 1 aromatic rings. The van der Waals surface area contributed by atoms with Gasteiger partial charge in [0.1, 0.15) is 0 Å². The first-order valence-electron chi connectivity index (χ1n) is 10.4. The van der Waals surface area contributed by atoms with Crippen LogP contribution in [0.2, 0.25) is 0 Å². The minimum Gasteiger partial charge on any atom is -0.473 e. The van der Waals surface area contributed by atoms with Crippen molar-refractivity contribution >= 4 is 17.8 Å². The zero-order chi connectivity index (χ0) is 21.2. The van der Waals surface area contributed by atoms with Gasteiger partial charge in [-0.2, -0.15) is 0 Å². The second-order valence-electron chi connectivity index (χ2n) is 7.88. The molecule has 0 atom stereocenters. The fraction of sp³-hybridized carbons (Fsp3) is 0.591. The molecule has 1 aromatic carbocycles. The molecule has 1 amide bonds. The van der Waals surface area contributed by atoms with Gasteiger partial charge in [0.25, 0.3) is 0 Å². The molecule has 7 heteroatoms. The first-order valence-corrected chi connectivity index (χ1v) is 10.4. The SMILES string of the molecule is Cc1ccccc1CN1CCN(C(=O)CCC2CCCC2)CC1.O=C(O)C(=O)O. The Kier molecular flexibility index (Phi) is 9.12. The van der Waals surface area contributed by atoms with Gasteiger partial charge in [-0.1, -0.05) is 49.9 Å². The Labute approximate surface area is 172 Å². The molecule has 1 saturated heterocycles. The number of carbonyl (C=O) groups is 3. The summed E-state index contributed by atoms with van der Waals surface area (Å²) in [5.41, 5.74) is 2.77. The summed E-state index contributed by atoms with van der Waals surface area (Å²) in [6.07, 6.45) is 7.31. The van der Waals surface area contributed by atoms with Gasteiger partial charge in [0.05, 0.1) is 0 Å². The van der Waals surface area contributed by atoms with Crippen LogP contribution in [0, 0.1) is 12.8 Å². The van der Waals surface area contributed by atoms with Crippen LogP contribution in [-0.2, 0) is 20.9 Å². The number of aryl methyl sites for hydroxylation is 1. The number of nitrogens with zero attached hydrogens (tertiary/aromatic N) is 2. The van der Waals surface area contributed by atoms with Gasteiger partial charge >= 0.3 is 11.9 Å². The predicted octanol–water partition coefficient (Wildman–Crippen LogP) is 2.77. The van der Waals surface area contributed by atoms with Crippen molar-refractivity contribution in [2.24, 2.45) is 5.92 Å². The molecule has 0 bridgehead atoms. The van der Waals surface area contributed by atoms with Gasteiger partial charge in [-0.3, -0.25) is 9.69 Å². The molecule has 2 aliphatic rings. The van der Waals surface area contributed by atoms with Crippen LogP contribution in [0.25, 0.3) is 0 Å². The number of carboxylic acids is 2. The fourth-order valence-corrected chi connectivity index (χ4v) is 3.97. The molecule has 29 heavy (non-hydrogen) atoms. The largest absolute Gasteiger partial charge is 0.473 e. The Morgan fingerprint density at radius 3 is 2.10 bits per heavy atom. The molecule has 2 N–H and O–H groups in total. The monoisotopic (exact) mass is 404 g/mol. The van der Waals surface area contributed by atoms with Crippen LogP contribution in [0.4, 0.5) is 0 Å². The van der Waals surface area contributed by atoms with E-state index >= 15 is 0 Å². The average molecular weight is 405 g/mol. The third kappa shape index (κ3) is 7.85. The molecule has 2 fully saturated rings. The Bertz CT molecular complexity index is 680. The summed E-state index contributed by atoms with van der Waals surface area (Å²) in [5.74, 6) is -2.45. The zero-order valence-corrected chi connectivity index (χ0v) is 17.2. The highest BCUT2D eigenvalue weighted by Crippen LogP contribution is 2.28. The Morgan fingerprint density at radius 2 is 1.55 bits per heavy atom. The van der Waals surface area contributed by atoms with Crippen molar-refractivity contribution in [3.8, 4) is 0 Å². The molecule has 3 rings (SSSR count). The van der Waals surface area contributed by atoms with E-state index in [0.29, 0.717) is 5.91 Å². The lowest BCUT2D eigenvalue weighted by Gasteiger charge is -2.35. The maximum atomic E-state index is 12.4.